The predicted molar refractivity (Wildman–Crippen MR) is 75.6 cm³/mol. The van der Waals surface area contributed by atoms with Crippen molar-refractivity contribution in [2.45, 2.75) is 6.42 Å². The van der Waals surface area contributed by atoms with Gasteiger partial charge in [0.15, 0.2) is 0 Å². The van der Waals surface area contributed by atoms with Crippen LogP contribution < -0.4 is 4.90 Å². The van der Waals surface area contributed by atoms with Crippen molar-refractivity contribution in [3.63, 3.8) is 0 Å². The molecule has 6 nitrogen and oxygen atoms in total. The molecule has 6 heteroatoms. The van der Waals surface area contributed by atoms with Gasteiger partial charge in [0.2, 0.25) is 5.91 Å². The first kappa shape index (κ1) is 14.4. The highest BCUT2D eigenvalue weighted by atomic mass is 16.4. The van der Waals surface area contributed by atoms with Crippen LogP contribution >= 0.6 is 0 Å². The topological polar surface area (TPSA) is 98.1 Å². The van der Waals surface area contributed by atoms with Crippen molar-refractivity contribution in [2.24, 2.45) is 0 Å². The molecule has 0 spiro atoms. The second kappa shape index (κ2) is 5.96. The first-order chi connectivity index (χ1) is 9.97. The van der Waals surface area contributed by atoms with E-state index in [1.54, 1.807) is 12.1 Å². The van der Waals surface area contributed by atoms with E-state index in [-0.39, 0.29) is 11.5 Å². The zero-order chi connectivity index (χ0) is 15.4. The minimum absolute atomic E-state index is 0.0548. The molecule has 2 rings (SSSR count). The Morgan fingerprint density at radius 2 is 1.38 bits per heavy atom. The summed E-state index contributed by atoms with van der Waals surface area (Å²) in [6.07, 6.45) is -0.703. The number of carbonyl (C=O) groups is 2. The average molecular weight is 287 g/mol. The molecule has 0 radical (unpaired) electrons. The fourth-order valence-electron chi connectivity index (χ4n) is 1.91. The summed E-state index contributed by atoms with van der Waals surface area (Å²) in [5.41, 5.74) is 0.624. The van der Waals surface area contributed by atoms with Crippen molar-refractivity contribution in [1.29, 1.82) is 0 Å². The number of carbonyl (C=O) groups excluding carboxylic acids is 1. The second-order valence-electron chi connectivity index (χ2n) is 4.34. The Labute approximate surface area is 120 Å². The lowest BCUT2D eigenvalue weighted by atomic mass is 10.2. The molecule has 21 heavy (non-hydrogen) atoms. The van der Waals surface area contributed by atoms with Gasteiger partial charge in [-0.15, -0.1) is 0 Å². The largest absolute Gasteiger partial charge is 0.508 e. The summed E-state index contributed by atoms with van der Waals surface area (Å²) in [7, 11) is 0. The zero-order valence-electron chi connectivity index (χ0n) is 10.9. The highest BCUT2D eigenvalue weighted by Crippen LogP contribution is 2.30. The van der Waals surface area contributed by atoms with Crippen molar-refractivity contribution < 1.29 is 24.9 Å². The Bertz CT molecular complexity index is 638. The van der Waals surface area contributed by atoms with Gasteiger partial charge in [-0.05, 0) is 24.3 Å². The van der Waals surface area contributed by atoms with Crippen LogP contribution in [0.25, 0.3) is 0 Å². The number of phenolic OH excluding ortho intramolecular Hbond substituents is 2. The lowest BCUT2D eigenvalue weighted by Crippen LogP contribution is -2.27. The summed E-state index contributed by atoms with van der Waals surface area (Å²) in [4.78, 5) is 24.1. The number of aliphatic carboxylic acids is 1. The molecule has 0 aliphatic rings. The summed E-state index contributed by atoms with van der Waals surface area (Å²) < 4.78 is 0. The third kappa shape index (κ3) is 3.50. The molecule has 0 heterocycles. The molecule has 2 aromatic carbocycles. The van der Waals surface area contributed by atoms with Gasteiger partial charge >= 0.3 is 5.97 Å². The van der Waals surface area contributed by atoms with Gasteiger partial charge < -0.3 is 15.3 Å². The van der Waals surface area contributed by atoms with Gasteiger partial charge in [-0.3, -0.25) is 14.5 Å². The summed E-state index contributed by atoms with van der Waals surface area (Å²) in [6.45, 7) is 0. The van der Waals surface area contributed by atoms with E-state index in [0.717, 1.165) is 4.90 Å². The van der Waals surface area contributed by atoms with Crippen LogP contribution in [0.1, 0.15) is 6.42 Å². The number of phenols is 2. The maximum absolute atomic E-state index is 12.2. The molecule has 0 atom stereocenters. The molecule has 108 valence electrons. The van der Waals surface area contributed by atoms with Crippen LogP contribution in [-0.2, 0) is 9.59 Å². The zero-order valence-corrected chi connectivity index (χ0v) is 10.9. The van der Waals surface area contributed by atoms with Crippen molar-refractivity contribution >= 4 is 23.3 Å². The van der Waals surface area contributed by atoms with Crippen LogP contribution in [0.5, 0.6) is 11.5 Å². The second-order valence-corrected chi connectivity index (χ2v) is 4.34. The Hall–Kier alpha value is -3.02. The van der Waals surface area contributed by atoms with Gasteiger partial charge in [0.1, 0.15) is 17.9 Å². The molecule has 0 aromatic heterocycles. The van der Waals surface area contributed by atoms with Crippen LogP contribution in [0.3, 0.4) is 0 Å². The predicted octanol–water partition coefficient (Wildman–Crippen LogP) is 2.24. The molecule has 0 unspecified atom stereocenters. The van der Waals surface area contributed by atoms with E-state index >= 15 is 0 Å². The number of amides is 1. The molecule has 0 bridgehead atoms. The number of carboxylic acids is 1. The fraction of sp³-hybridized carbons (Fsp3) is 0.0667. The minimum Gasteiger partial charge on any atom is -0.508 e. The number of hydrogen-bond acceptors (Lipinski definition) is 4. The Kier molecular flexibility index (Phi) is 4.08. The van der Waals surface area contributed by atoms with E-state index in [4.69, 9.17) is 5.11 Å². The first-order valence-electron chi connectivity index (χ1n) is 6.10. The van der Waals surface area contributed by atoms with Crippen LogP contribution in [0.15, 0.2) is 48.5 Å². The molecule has 0 fully saturated rings. The van der Waals surface area contributed by atoms with Crippen LogP contribution in [0.2, 0.25) is 0 Å². The number of aromatic hydroxyl groups is 2. The van der Waals surface area contributed by atoms with Crippen molar-refractivity contribution in [3.05, 3.63) is 48.5 Å². The first-order valence-corrected chi connectivity index (χ1v) is 6.10. The highest BCUT2D eigenvalue weighted by Gasteiger charge is 2.21. The normalized spacial score (nSPS) is 10.1. The number of nitrogens with zero attached hydrogens (tertiary/aromatic N) is 1. The highest BCUT2D eigenvalue weighted by molar-refractivity contribution is 6.07. The quantitative estimate of drug-likeness (QED) is 0.749. The number of hydrogen-bond donors (Lipinski definition) is 3. The van der Waals surface area contributed by atoms with Crippen LogP contribution in [0.4, 0.5) is 11.4 Å². The van der Waals surface area contributed by atoms with E-state index in [0.29, 0.717) is 11.4 Å². The molecule has 3 N–H and O–H groups in total. The van der Waals surface area contributed by atoms with Crippen molar-refractivity contribution in [1.82, 2.24) is 0 Å². The Morgan fingerprint density at radius 3 is 1.76 bits per heavy atom. The van der Waals surface area contributed by atoms with E-state index in [1.165, 1.54) is 36.4 Å². The van der Waals surface area contributed by atoms with Crippen molar-refractivity contribution in [2.75, 3.05) is 4.90 Å². The SMILES string of the molecule is O=C(O)CC(=O)N(c1cccc(O)c1)c1cccc(O)c1. The van der Waals surface area contributed by atoms with Crippen LogP contribution in [-0.4, -0.2) is 27.2 Å². The molecule has 0 aliphatic heterocycles. The third-order valence-corrected chi connectivity index (χ3v) is 2.73. The maximum atomic E-state index is 12.2. The van der Waals surface area contributed by atoms with Gasteiger partial charge in [-0.1, -0.05) is 12.1 Å². The molecule has 0 saturated heterocycles. The number of carboxylic acid groups (broad SMARTS) is 1. The lowest BCUT2D eigenvalue weighted by molar-refractivity contribution is -0.139. The lowest BCUT2D eigenvalue weighted by Gasteiger charge is -2.22. The van der Waals surface area contributed by atoms with Gasteiger partial charge in [-0.25, -0.2) is 0 Å². The van der Waals surface area contributed by atoms with E-state index in [2.05, 4.69) is 0 Å². The number of rotatable bonds is 4. The minimum atomic E-state index is -1.26. The summed E-state index contributed by atoms with van der Waals surface area (Å²) in [5, 5.41) is 27.8. The van der Waals surface area contributed by atoms with E-state index < -0.39 is 18.3 Å². The van der Waals surface area contributed by atoms with E-state index in [9.17, 15) is 19.8 Å². The maximum Gasteiger partial charge on any atom is 0.312 e. The number of benzene rings is 2. The van der Waals surface area contributed by atoms with Gasteiger partial charge in [0.05, 0.1) is 11.4 Å². The van der Waals surface area contributed by atoms with Gasteiger partial charge in [0, 0.05) is 12.1 Å². The standard InChI is InChI=1S/C15H13NO5/c17-12-5-1-3-10(7-12)16(14(19)9-15(20)21)11-4-2-6-13(18)8-11/h1-8,17-18H,9H2,(H,20,21). The summed E-state index contributed by atoms with van der Waals surface area (Å²) in [6, 6.07) is 11.7. The van der Waals surface area contributed by atoms with Gasteiger partial charge in [0.25, 0.3) is 0 Å². The van der Waals surface area contributed by atoms with E-state index in [1.807, 2.05) is 0 Å². The Balaban J connectivity index is 2.48. The number of anilines is 2. The molecule has 1 amide bonds. The molecule has 0 aliphatic carbocycles. The smallest absolute Gasteiger partial charge is 0.312 e. The molecular formula is C15H13NO5. The van der Waals surface area contributed by atoms with Gasteiger partial charge in [-0.2, -0.15) is 0 Å². The molecule has 2 aromatic rings. The Morgan fingerprint density at radius 1 is 0.905 bits per heavy atom. The van der Waals surface area contributed by atoms with Crippen LogP contribution in [0, 0.1) is 0 Å². The monoisotopic (exact) mass is 287 g/mol. The fourth-order valence-corrected chi connectivity index (χ4v) is 1.91. The molecule has 0 saturated carbocycles. The average Bonchev–Trinajstić information content (AvgIpc) is 2.38. The summed E-state index contributed by atoms with van der Waals surface area (Å²) in [5.74, 6) is -2.05. The molecular weight excluding hydrogens is 274 g/mol. The van der Waals surface area contributed by atoms with Crippen molar-refractivity contribution in [3.8, 4) is 11.5 Å². The third-order valence-electron chi connectivity index (χ3n) is 2.73. The summed E-state index contributed by atoms with van der Waals surface area (Å²) >= 11 is 0.